The number of nitrogens with one attached hydrogen (secondary N) is 1. The highest BCUT2D eigenvalue weighted by Gasteiger charge is 2.24. The van der Waals surface area contributed by atoms with Crippen molar-refractivity contribution in [2.24, 2.45) is 0 Å². The van der Waals surface area contributed by atoms with Gasteiger partial charge in [-0.3, -0.25) is 9.59 Å². The lowest BCUT2D eigenvalue weighted by Gasteiger charge is -2.24. The number of aliphatic hydroxyl groups is 2. The smallest absolute Gasteiger partial charge is 0.306 e. The summed E-state index contributed by atoms with van der Waals surface area (Å²) in [7, 11) is 0. The summed E-state index contributed by atoms with van der Waals surface area (Å²) >= 11 is 0. The second kappa shape index (κ2) is 44.4. The maximum Gasteiger partial charge on any atom is 0.306 e. The zero-order chi connectivity index (χ0) is 41.7. The molecular weight excluding hydrogens is 707 g/mol. The van der Waals surface area contributed by atoms with Crippen LogP contribution in [0.2, 0.25) is 0 Å². The van der Waals surface area contributed by atoms with E-state index < -0.39 is 18.2 Å². The van der Waals surface area contributed by atoms with Crippen molar-refractivity contribution in [3.05, 3.63) is 72.9 Å². The Morgan fingerprint density at radius 1 is 0.526 bits per heavy atom. The van der Waals surface area contributed by atoms with Crippen LogP contribution in [0.25, 0.3) is 0 Å². The summed E-state index contributed by atoms with van der Waals surface area (Å²) in [5, 5.41) is 23.6. The molecule has 0 aromatic heterocycles. The molecule has 1 amide bonds. The Morgan fingerprint density at radius 3 is 1.47 bits per heavy atom. The lowest BCUT2D eigenvalue weighted by molar-refractivity contribution is -0.151. The van der Waals surface area contributed by atoms with E-state index in [9.17, 15) is 19.8 Å². The summed E-state index contributed by atoms with van der Waals surface area (Å²) in [5.41, 5.74) is 0. The minimum atomic E-state index is -0.804. The highest BCUT2D eigenvalue weighted by atomic mass is 16.5. The maximum atomic E-state index is 13.1. The Balaban J connectivity index is 4.71. The first-order valence-corrected chi connectivity index (χ1v) is 23.7. The SMILES string of the molecule is CC/C=C/C/C=C/C/C=C/C/C=C/CCCC(CC(=O)NC(CO)C(O)CCCCCCCCCCCC)OC(=O)CCCCCCCCC/C=C/C/C=C/CC. The zero-order valence-electron chi connectivity index (χ0n) is 37.2. The van der Waals surface area contributed by atoms with Crippen molar-refractivity contribution in [3.8, 4) is 0 Å². The number of carbonyl (C=O) groups excluding carboxylic acids is 2. The molecule has 0 bridgehead atoms. The van der Waals surface area contributed by atoms with Crippen LogP contribution in [0.15, 0.2) is 72.9 Å². The molecule has 3 N–H and O–H groups in total. The van der Waals surface area contributed by atoms with Crippen molar-refractivity contribution in [2.75, 3.05) is 6.61 Å². The van der Waals surface area contributed by atoms with Gasteiger partial charge in [-0.25, -0.2) is 0 Å². The summed E-state index contributed by atoms with van der Waals surface area (Å²) in [6, 6.07) is -0.721. The Labute approximate surface area is 351 Å². The monoisotopic (exact) mass is 796 g/mol. The zero-order valence-corrected chi connectivity index (χ0v) is 37.2. The number of allylic oxidation sites excluding steroid dienone is 12. The number of amides is 1. The van der Waals surface area contributed by atoms with Gasteiger partial charge < -0.3 is 20.3 Å². The van der Waals surface area contributed by atoms with Gasteiger partial charge in [-0.05, 0) is 83.5 Å². The van der Waals surface area contributed by atoms with Gasteiger partial charge in [0.05, 0.1) is 25.2 Å². The predicted octanol–water partition coefficient (Wildman–Crippen LogP) is 13.8. The molecule has 6 heteroatoms. The summed E-state index contributed by atoms with van der Waals surface area (Å²) in [6.45, 7) is 6.22. The molecule has 0 aliphatic carbocycles. The van der Waals surface area contributed by atoms with E-state index in [-0.39, 0.29) is 24.9 Å². The van der Waals surface area contributed by atoms with Gasteiger partial charge in [0.15, 0.2) is 0 Å². The number of carbonyl (C=O) groups is 2. The lowest BCUT2D eigenvalue weighted by atomic mass is 10.0. The Bertz CT molecular complexity index is 1070. The fourth-order valence-electron chi connectivity index (χ4n) is 6.76. The van der Waals surface area contributed by atoms with Gasteiger partial charge in [0.25, 0.3) is 0 Å². The van der Waals surface area contributed by atoms with Crippen LogP contribution >= 0.6 is 0 Å². The van der Waals surface area contributed by atoms with Crippen LogP contribution in [0.5, 0.6) is 0 Å². The van der Waals surface area contributed by atoms with Gasteiger partial charge in [0.1, 0.15) is 6.10 Å². The largest absolute Gasteiger partial charge is 0.462 e. The molecule has 57 heavy (non-hydrogen) atoms. The molecule has 0 aliphatic heterocycles. The van der Waals surface area contributed by atoms with Crippen molar-refractivity contribution in [1.29, 1.82) is 0 Å². The second-order valence-corrected chi connectivity index (χ2v) is 15.7. The van der Waals surface area contributed by atoms with E-state index in [0.717, 1.165) is 96.3 Å². The highest BCUT2D eigenvalue weighted by molar-refractivity contribution is 5.77. The summed E-state index contributed by atoms with van der Waals surface area (Å²) < 4.78 is 5.88. The first kappa shape index (κ1) is 54.3. The van der Waals surface area contributed by atoms with Crippen molar-refractivity contribution in [3.63, 3.8) is 0 Å². The van der Waals surface area contributed by atoms with E-state index in [0.29, 0.717) is 19.3 Å². The van der Waals surface area contributed by atoms with Crippen molar-refractivity contribution < 1.29 is 24.5 Å². The average Bonchev–Trinajstić information content (AvgIpc) is 3.20. The number of unbranched alkanes of at least 4 members (excludes halogenated alkanes) is 17. The van der Waals surface area contributed by atoms with Crippen molar-refractivity contribution in [1.82, 2.24) is 5.32 Å². The predicted molar refractivity (Wildman–Crippen MR) is 245 cm³/mol. The molecule has 0 heterocycles. The number of rotatable bonds is 41. The van der Waals surface area contributed by atoms with E-state index in [1.165, 1.54) is 70.6 Å². The van der Waals surface area contributed by atoms with E-state index in [2.05, 4.69) is 99.0 Å². The summed E-state index contributed by atoms with van der Waals surface area (Å²) in [6.07, 6.45) is 55.4. The number of aliphatic hydroxyl groups excluding tert-OH is 2. The standard InChI is InChI=1S/C51H89NO5/c1-4-7-10-13-16-19-22-24-26-28-30-33-36-39-42-47(57-51(56)44-41-38-35-32-29-27-25-23-20-17-14-11-8-5-2)45-50(55)52-48(46-53)49(54)43-40-37-34-31-21-18-15-12-9-6-3/h7-8,10-11,16-17,19-20,24,26,30,33,47-49,53-54H,4-6,9,12-15,18,21-23,25,27-29,31-32,34-46H2,1-3H3,(H,52,55)/b10-7+,11-8+,19-16+,20-17+,26-24+,33-30+. The van der Waals surface area contributed by atoms with Crippen LogP contribution in [0, 0.1) is 0 Å². The van der Waals surface area contributed by atoms with E-state index in [1.54, 1.807) is 0 Å². The number of hydrogen-bond donors (Lipinski definition) is 3. The van der Waals surface area contributed by atoms with E-state index in [1.807, 2.05) is 0 Å². The molecule has 0 spiro atoms. The Kier molecular flexibility index (Phi) is 42.3. The molecule has 3 atom stereocenters. The van der Waals surface area contributed by atoms with Crippen molar-refractivity contribution in [2.45, 2.75) is 232 Å². The third-order valence-corrected chi connectivity index (χ3v) is 10.3. The minimum absolute atomic E-state index is 0.0338. The van der Waals surface area contributed by atoms with Gasteiger partial charge in [-0.1, -0.05) is 190 Å². The molecule has 328 valence electrons. The molecule has 0 aliphatic rings. The molecule has 0 aromatic carbocycles. The minimum Gasteiger partial charge on any atom is -0.462 e. The van der Waals surface area contributed by atoms with E-state index >= 15 is 0 Å². The fourth-order valence-corrected chi connectivity index (χ4v) is 6.76. The third-order valence-electron chi connectivity index (χ3n) is 10.3. The fraction of sp³-hybridized carbons (Fsp3) is 0.725. The Morgan fingerprint density at radius 2 is 0.965 bits per heavy atom. The van der Waals surface area contributed by atoms with Crippen LogP contribution < -0.4 is 5.32 Å². The average molecular weight is 796 g/mol. The topological polar surface area (TPSA) is 95.9 Å². The molecule has 0 saturated carbocycles. The molecule has 6 nitrogen and oxygen atoms in total. The highest BCUT2D eigenvalue weighted by Crippen LogP contribution is 2.16. The molecule has 0 fully saturated rings. The third kappa shape index (κ3) is 39.9. The first-order valence-electron chi connectivity index (χ1n) is 23.7. The van der Waals surface area contributed by atoms with Gasteiger partial charge in [-0.15, -0.1) is 0 Å². The van der Waals surface area contributed by atoms with Crippen LogP contribution in [0.1, 0.15) is 213 Å². The summed E-state index contributed by atoms with van der Waals surface area (Å²) in [5.74, 6) is -0.543. The van der Waals surface area contributed by atoms with Gasteiger partial charge >= 0.3 is 5.97 Å². The van der Waals surface area contributed by atoms with Crippen LogP contribution in [-0.4, -0.2) is 46.9 Å². The molecule has 0 rings (SSSR count). The van der Waals surface area contributed by atoms with Gasteiger partial charge in [-0.2, -0.15) is 0 Å². The van der Waals surface area contributed by atoms with Crippen LogP contribution in [0.4, 0.5) is 0 Å². The normalized spacial score (nSPS) is 14.0. The Hall–Kier alpha value is -2.70. The first-order chi connectivity index (χ1) is 28.0. The number of ether oxygens (including phenoxy) is 1. The van der Waals surface area contributed by atoms with Crippen molar-refractivity contribution >= 4 is 11.9 Å². The molecule has 3 unspecified atom stereocenters. The maximum absolute atomic E-state index is 13.1. The number of hydrogen-bond acceptors (Lipinski definition) is 5. The number of esters is 1. The molecule has 0 radical (unpaired) electrons. The van der Waals surface area contributed by atoms with Crippen LogP contribution in [-0.2, 0) is 14.3 Å². The van der Waals surface area contributed by atoms with Gasteiger partial charge in [0.2, 0.25) is 5.91 Å². The molecule has 0 aromatic rings. The summed E-state index contributed by atoms with van der Waals surface area (Å²) in [4.78, 5) is 26.0. The van der Waals surface area contributed by atoms with E-state index in [4.69, 9.17) is 4.74 Å². The van der Waals surface area contributed by atoms with Crippen LogP contribution in [0.3, 0.4) is 0 Å². The lowest BCUT2D eigenvalue weighted by Crippen LogP contribution is -2.46. The molecule has 0 saturated heterocycles. The van der Waals surface area contributed by atoms with Gasteiger partial charge in [0, 0.05) is 6.42 Å². The second-order valence-electron chi connectivity index (χ2n) is 15.7. The molecular formula is C51H89NO5. The quantitative estimate of drug-likeness (QED) is 0.0325.